The first-order valence-electron chi connectivity index (χ1n) is 9.40. The van der Waals surface area contributed by atoms with Crippen LogP contribution in [-0.2, 0) is 6.42 Å². The molecule has 138 valence electrons. The first-order valence-corrected chi connectivity index (χ1v) is 9.40. The first-order chi connectivity index (χ1) is 12.7. The lowest BCUT2D eigenvalue weighted by molar-refractivity contribution is 0.110. The molecule has 0 saturated heterocycles. The van der Waals surface area contributed by atoms with E-state index in [1.165, 1.54) is 25.5 Å². The van der Waals surface area contributed by atoms with Crippen LogP contribution in [0.25, 0.3) is 10.9 Å². The largest absolute Gasteiger partial charge is 0.447 e. The second-order valence-corrected chi connectivity index (χ2v) is 7.18. The summed E-state index contributed by atoms with van der Waals surface area (Å²) in [7, 11) is 0. The van der Waals surface area contributed by atoms with Crippen molar-refractivity contribution in [3.05, 3.63) is 53.9 Å². The standard InChI is InChI=1S/C20H26N4O2/c21-16(10-13-11-22-17-9-5-4-8-15(13)17)20-24-18(12-26-20)19(25)23-14-6-2-1-3-7-14/h4-5,8-9,11-12,14,16,19,22-23,25H,1-3,6-7,10,21H2. The minimum Gasteiger partial charge on any atom is -0.447 e. The van der Waals surface area contributed by atoms with E-state index in [2.05, 4.69) is 21.4 Å². The highest BCUT2D eigenvalue weighted by Crippen LogP contribution is 2.24. The number of aromatic nitrogens is 2. The SMILES string of the molecule is NC(Cc1c[nH]c2ccccc12)c1nc(C(O)NC2CCCCC2)co1. The minimum atomic E-state index is -0.809. The van der Waals surface area contributed by atoms with E-state index in [-0.39, 0.29) is 6.04 Å². The van der Waals surface area contributed by atoms with Crippen LogP contribution in [0.4, 0.5) is 0 Å². The van der Waals surface area contributed by atoms with E-state index in [1.54, 1.807) is 0 Å². The zero-order valence-electron chi connectivity index (χ0n) is 14.8. The summed E-state index contributed by atoms with van der Waals surface area (Å²) in [4.78, 5) is 7.68. The van der Waals surface area contributed by atoms with E-state index in [0.717, 1.165) is 29.3 Å². The fourth-order valence-electron chi connectivity index (χ4n) is 3.80. The fraction of sp³-hybridized carbons (Fsp3) is 0.450. The number of hydrogen-bond acceptors (Lipinski definition) is 5. The quantitative estimate of drug-likeness (QED) is 0.509. The number of nitrogens with zero attached hydrogens (tertiary/aromatic N) is 1. The Balaban J connectivity index is 1.41. The fourth-order valence-corrected chi connectivity index (χ4v) is 3.80. The number of aliphatic hydroxyl groups is 1. The molecule has 1 aliphatic rings. The summed E-state index contributed by atoms with van der Waals surface area (Å²) in [6, 6.07) is 8.13. The van der Waals surface area contributed by atoms with Crippen LogP contribution in [0, 0.1) is 0 Å². The maximum Gasteiger partial charge on any atom is 0.211 e. The van der Waals surface area contributed by atoms with Gasteiger partial charge in [0.15, 0.2) is 6.23 Å². The molecule has 6 nitrogen and oxygen atoms in total. The number of benzene rings is 1. The first kappa shape index (κ1) is 17.3. The number of fused-ring (bicyclic) bond motifs is 1. The Labute approximate surface area is 152 Å². The number of para-hydroxylation sites is 1. The molecule has 4 rings (SSSR count). The average molecular weight is 354 g/mol. The number of hydrogen-bond donors (Lipinski definition) is 4. The third-order valence-corrected chi connectivity index (χ3v) is 5.25. The van der Waals surface area contributed by atoms with Gasteiger partial charge in [-0.1, -0.05) is 37.5 Å². The van der Waals surface area contributed by atoms with Crippen LogP contribution in [0.1, 0.15) is 61.5 Å². The number of aromatic amines is 1. The summed E-state index contributed by atoms with van der Waals surface area (Å²) in [6.45, 7) is 0. The number of rotatable bonds is 6. The van der Waals surface area contributed by atoms with Crippen molar-refractivity contribution in [3.8, 4) is 0 Å². The van der Waals surface area contributed by atoms with Crippen LogP contribution in [0.5, 0.6) is 0 Å². The van der Waals surface area contributed by atoms with Gasteiger partial charge in [-0.2, -0.15) is 0 Å². The molecular weight excluding hydrogens is 328 g/mol. The molecule has 2 aromatic heterocycles. The van der Waals surface area contributed by atoms with E-state index in [1.807, 2.05) is 24.4 Å². The Hall–Kier alpha value is -2.15. The summed E-state index contributed by atoms with van der Waals surface area (Å²) >= 11 is 0. The predicted octanol–water partition coefficient (Wildman–Crippen LogP) is 3.31. The number of nitrogens with two attached hydrogens (primary N) is 1. The molecule has 26 heavy (non-hydrogen) atoms. The summed E-state index contributed by atoms with van der Waals surface area (Å²) in [5.41, 5.74) is 9.03. The molecule has 2 heterocycles. The summed E-state index contributed by atoms with van der Waals surface area (Å²) in [5, 5.41) is 14.8. The molecule has 1 aliphatic carbocycles. The molecule has 2 unspecified atom stereocenters. The lowest BCUT2D eigenvalue weighted by atomic mass is 9.95. The highest BCUT2D eigenvalue weighted by Gasteiger charge is 2.22. The molecule has 0 bridgehead atoms. The molecule has 0 aliphatic heterocycles. The summed E-state index contributed by atoms with van der Waals surface area (Å²) in [6.07, 6.45) is 9.20. The van der Waals surface area contributed by atoms with E-state index in [4.69, 9.17) is 10.2 Å². The Morgan fingerprint density at radius 3 is 2.92 bits per heavy atom. The Bertz CT molecular complexity index is 850. The maximum absolute atomic E-state index is 10.4. The van der Waals surface area contributed by atoms with Gasteiger partial charge in [-0.05, 0) is 30.9 Å². The van der Waals surface area contributed by atoms with Gasteiger partial charge in [-0.3, -0.25) is 5.32 Å². The third-order valence-electron chi connectivity index (χ3n) is 5.25. The lowest BCUT2D eigenvalue weighted by Gasteiger charge is -2.24. The van der Waals surface area contributed by atoms with Gasteiger partial charge in [0, 0.05) is 23.1 Å². The molecule has 1 fully saturated rings. The van der Waals surface area contributed by atoms with E-state index in [9.17, 15) is 5.11 Å². The molecule has 2 atom stereocenters. The monoisotopic (exact) mass is 354 g/mol. The normalized spacial score (nSPS) is 18.2. The smallest absolute Gasteiger partial charge is 0.211 e. The van der Waals surface area contributed by atoms with Gasteiger partial charge in [-0.15, -0.1) is 0 Å². The van der Waals surface area contributed by atoms with Crippen molar-refractivity contribution in [2.45, 2.75) is 56.8 Å². The van der Waals surface area contributed by atoms with Crippen LogP contribution >= 0.6 is 0 Å². The molecule has 0 spiro atoms. The molecule has 0 radical (unpaired) electrons. The predicted molar refractivity (Wildman–Crippen MR) is 100 cm³/mol. The van der Waals surface area contributed by atoms with Gasteiger partial charge < -0.3 is 20.2 Å². The van der Waals surface area contributed by atoms with Crippen LogP contribution < -0.4 is 11.1 Å². The zero-order valence-corrected chi connectivity index (χ0v) is 14.8. The van der Waals surface area contributed by atoms with Gasteiger partial charge in [0.1, 0.15) is 12.0 Å². The Morgan fingerprint density at radius 1 is 1.27 bits per heavy atom. The molecule has 5 N–H and O–H groups in total. The molecular formula is C20H26N4O2. The van der Waals surface area contributed by atoms with E-state index in [0.29, 0.717) is 24.0 Å². The zero-order chi connectivity index (χ0) is 17.9. The van der Waals surface area contributed by atoms with Crippen molar-refractivity contribution in [1.29, 1.82) is 0 Å². The van der Waals surface area contributed by atoms with Crippen molar-refractivity contribution in [3.63, 3.8) is 0 Å². The van der Waals surface area contributed by atoms with Gasteiger partial charge in [-0.25, -0.2) is 4.98 Å². The molecule has 1 aromatic carbocycles. The van der Waals surface area contributed by atoms with Crippen LogP contribution in [0.3, 0.4) is 0 Å². The number of nitrogens with one attached hydrogen (secondary N) is 2. The summed E-state index contributed by atoms with van der Waals surface area (Å²) in [5.74, 6) is 0.453. The number of aliphatic hydroxyl groups excluding tert-OH is 1. The van der Waals surface area contributed by atoms with Gasteiger partial charge in [0.25, 0.3) is 0 Å². The van der Waals surface area contributed by atoms with Crippen molar-refractivity contribution in [2.24, 2.45) is 5.73 Å². The van der Waals surface area contributed by atoms with Gasteiger partial charge in [0.2, 0.25) is 5.89 Å². The third kappa shape index (κ3) is 3.67. The molecule has 3 aromatic rings. The highest BCUT2D eigenvalue weighted by atomic mass is 16.3. The second-order valence-electron chi connectivity index (χ2n) is 7.18. The van der Waals surface area contributed by atoms with Crippen LogP contribution in [0.15, 0.2) is 41.1 Å². The topological polar surface area (TPSA) is 100 Å². The van der Waals surface area contributed by atoms with Crippen LogP contribution in [-0.4, -0.2) is 21.1 Å². The van der Waals surface area contributed by atoms with Gasteiger partial charge >= 0.3 is 0 Å². The van der Waals surface area contributed by atoms with E-state index >= 15 is 0 Å². The average Bonchev–Trinajstić information content (AvgIpc) is 3.30. The highest BCUT2D eigenvalue weighted by molar-refractivity contribution is 5.83. The number of oxazole rings is 1. The Morgan fingerprint density at radius 2 is 2.08 bits per heavy atom. The molecule has 0 amide bonds. The van der Waals surface area contributed by atoms with Crippen LogP contribution in [0.2, 0.25) is 0 Å². The van der Waals surface area contributed by atoms with Crippen molar-refractivity contribution in [1.82, 2.24) is 15.3 Å². The van der Waals surface area contributed by atoms with Gasteiger partial charge in [0.05, 0.1) is 6.04 Å². The van der Waals surface area contributed by atoms with Crippen molar-refractivity contribution < 1.29 is 9.52 Å². The van der Waals surface area contributed by atoms with Crippen molar-refractivity contribution >= 4 is 10.9 Å². The summed E-state index contributed by atoms with van der Waals surface area (Å²) < 4.78 is 5.55. The second kappa shape index (κ2) is 7.61. The minimum absolute atomic E-state index is 0.346. The van der Waals surface area contributed by atoms with Crippen molar-refractivity contribution in [2.75, 3.05) is 0 Å². The van der Waals surface area contributed by atoms with E-state index < -0.39 is 6.23 Å². The Kier molecular flexibility index (Phi) is 5.06. The lowest BCUT2D eigenvalue weighted by Crippen LogP contribution is -2.34. The molecule has 1 saturated carbocycles. The molecule has 6 heteroatoms. The number of H-pyrrole nitrogens is 1. The maximum atomic E-state index is 10.4.